The minimum Gasteiger partial charge on any atom is -0.493 e. The molecule has 0 unspecified atom stereocenters. The molecule has 0 N–H and O–H groups in total. The molecule has 2 aromatic carbocycles. The number of ether oxygens (including phenoxy) is 2. The predicted octanol–water partition coefficient (Wildman–Crippen LogP) is 3.56. The number of rotatable bonds is 4. The topological polar surface area (TPSA) is 36.3 Å². The first-order valence-electron chi connectivity index (χ1n) is 6.63. The zero-order valence-electron chi connectivity index (χ0n) is 12.0. The summed E-state index contributed by atoms with van der Waals surface area (Å²) in [5.74, 6) is 1.41. The first-order valence-corrected chi connectivity index (χ1v) is 6.63. The van der Waals surface area contributed by atoms with E-state index >= 15 is 0 Å². The van der Waals surface area contributed by atoms with E-state index in [9.17, 15) is 0 Å². The molecule has 0 saturated heterocycles. The minimum atomic E-state index is 0.698. The highest BCUT2D eigenvalue weighted by Crippen LogP contribution is 2.31. The van der Waals surface area contributed by atoms with Gasteiger partial charge in [-0.15, -0.1) is 0 Å². The number of hydrogen-bond donors (Lipinski definition) is 0. The number of nitrogens with zero attached hydrogens (tertiary/aromatic N) is 2. The highest BCUT2D eigenvalue weighted by Gasteiger charge is 2.08. The van der Waals surface area contributed by atoms with E-state index in [2.05, 4.69) is 4.98 Å². The Morgan fingerprint density at radius 1 is 0.905 bits per heavy atom. The lowest BCUT2D eigenvalue weighted by Gasteiger charge is -2.08. The molecule has 0 spiro atoms. The van der Waals surface area contributed by atoms with Gasteiger partial charge in [0.2, 0.25) is 0 Å². The molecule has 0 radical (unpaired) electrons. The number of imidazole rings is 1. The van der Waals surface area contributed by atoms with Gasteiger partial charge in [-0.1, -0.05) is 18.2 Å². The predicted molar refractivity (Wildman–Crippen MR) is 82.1 cm³/mol. The third-order valence-corrected chi connectivity index (χ3v) is 3.32. The number of methoxy groups -OCH3 is 2. The average Bonchev–Trinajstić information content (AvgIpc) is 3.05. The van der Waals surface area contributed by atoms with Gasteiger partial charge in [0.1, 0.15) is 0 Å². The van der Waals surface area contributed by atoms with Crippen molar-refractivity contribution in [1.29, 1.82) is 0 Å². The number of hydrogen-bond acceptors (Lipinski definition) is 3. The van der Waals surface area contributed by atoms with Crippen LogP contribution in [0, 0.1) is 0 Å². The molecule has 4 heteroatoms. The zero-order chi connectivity index (χ0) is 14.7. The van der Waals surface area contributed by atoms with E-state index in [1.54, 1.807) is 20.5 Å². The average molecular weight is 280 g/mol. The van der Waals surface area contributed by atoms with Gasteiger partial charge in [-0.2, -0.15) is 0 Å². The van der Waals surface area contributed by atoms with Crippen molar-refractivity contribution in [3.05, 3.63) is 61.1 Å². The van der Waals surface area contributed by atoms with Crippen LogP contribution in [-0.2, 0) is 0 Å². The van der Waals surface area contributed by atoms with Crippen LogP contribution in [0.1, 0.15) is 0 Å². The highest BCUT2D eigenvalue weighted by atomic mass is 16.5. The maximum absolute atomic E-state index is 5.33. The van der Waals surface area contributed by atoms with Gasteiger partial charge in [0, 0.05) is 17.4 Å². The Labute approximate surface area is 123 Å². The molecule has 4 nitrogen and oxygen atoms in total. The van der Waals surface area contributed by atoms with Crippen LogP contribution in [-0.4, -0.2) is 23.8 Å². The molecule has 3 rings (SSSR count). The molecule has 0 fully saturated rings. The molecule has 3 aromatic rings. The van der Waals surface area contributed by atoms with E-state index in [1.165, 1.54) is 0 Å². The largest absolute Gasteiger partial charge is 0.493 e. The molecule has 106 valence electrons. The fourth-order valence-corrected chi connectivity index (χ4v) is 2.21. The summed E-state index contributed by atoms with van der Waals surface area (Å²) < 4.78 is 12.6. The Morgan fingerprint density at radius 3 is 2.38 bits per heavy atom. The standard InChI is InChI=1S/C17H16N2O2/c1-20-16-9-8-13(10-17(16)21-2)15-11-19(12-18-15)14-6-4-3-5-7-14/h3-12H,1-2H3. The van der Waals surface area contributed by atoms with Gasteiger partial charge in [-0.3, -0.25) is 0 Å². The van der Waals surface area contributed by atoms with E-state index in [-0.39, 0.29) is 0 Å². The molecule has 0 aliphatic carbocycles. The van der Waals surface area contributed by atoms with Crippen LogP contribution in [0.15, 0.2) is 61.1 Å². The van der Waals surface area contributed by atoms with Crippen molar-refractivity contribution >= 4 is 0 Å². The second-order valence-electron chi connectivity index (χ2n) is 4.57. The maximum Gasteiger partial charge on any atom is 0.161 e. The highest BCUT2D eigenvalue weighted by molar-refractivity contribution is 5.63. The maximum atomic E-state index is 5.33. The lowest BCUT2D eigenvalue weighted by molar-refractivity contribution is 0.355. The van der Waals surface area contributed by atoms with Crippen LogP contribution >= 0.6 is 0 Å². The Hall–Kier alpha value is -2.75. The summed E-state index contributed by atoms with van der Waals surface area (Å²) in [5.41, 5.74) is 2.96. The van der Waals surface area contributed by atoms with Crippen LogP contribution in [0.25, 0.3) is 16.9 Å². The molecular formula is C17H16N2O2. The normalized spacial score (nSPS) is 10.4. The summed E-state index contributed by atoms with van der Waals surface area (Å²) in [6.45, 7) is 0. The molecule has 0 amide bonds. The molecule has 1 heterocycles. The summed E-state index contributed by atoms with van der Waals surface area (Å²) >= 11 is 0. The van der Waals surface area contributed by atoms with Crippen molar-refractivity contribution in [3.8, 4) is 28.4 Å². The third-order valence-electron chi connectivity index (χ3n) is 3.32. The fraction of sp³-hybridized carbons (Fsp3) is 0.118. The van der Waals surface area contributed by atoms with Crippen LogP contribution in [0.3, 0.4) is 0 Å². The van der Waals surface area contributed by atoms with Gasteiger partial charge in [0.15, 0.2) is 11.5 Å². The molecule has 0 aliphatic heterocycles. The SMILES string of the molecule is COc1ccc(-c2cn(-c3ccccc3)cn2)cc1OC. The van der Waals surface area contributed by atoms with Gasteiger partial charge in [-0.25, -0.2) is 4.98 Å². The number of aromatic nitrogens is 2. The Balaban J connectivity index is 1.97. The molecule has 0 bridgehead atoms. The smallest absolute Gasteiger partial charge is 0.161 e. The van der Waals surface area contributed by atoms with Crippen molar-refractivity contribution in [2.24, 2.45) is 0 Å². The number of benzene rings is 2. The van der Waals surface area contributed by atoms with Gasteiger partial charge in [0.05, 0.1) is 26.2 Å². The van der Waals surface area contributed by atoms with E-state index < -0.39 is 0 Å². The van der Waals surface area contributed by atoms with Crippen LogP contribution in [0.2, 0.25) is 0 Å². The van der Waals surface area contributed by atoms with Crippen molar-refractivity contribution in [1.82, 2.24) is 9.55 Å². The summed E-state index contributed by atoms with van der Waals surface area (Å²) in [6.07, 6.45) is 3.80. The summed E-state index contributed by atoms with van der Waals surface area (Å²) in [5, 5.41) is 0. The lowest BCUT2D eigenvalue weighted by atomic mass is 10.1. The van der Waals surface area contributed by atoms with Gasteiger partial charge >= 0.3 is 0 Å². The second kappa shape index (κ2) is 5.71. The summed E-state index contributed by atoms with van der Waals surface area (Å²) in [7, 11) is 3.26. The van der Waals surface area contributed by atoms with Gasteiger partial charge in [0.25, 0.3) is 0 Å². The molecule has 1 aromatic heterocycles. The Bertz CT molecular complexity index is 736. The van der Waals surface area contributed by atoms with Gasteiger partial charge < -0.3 is 14.0 Å². The minimum absolute atomic E-state index is 0.698. The van der Waals surface area contributed by atoms with E-state index in [0.29, 0.717) is 11.5 Å². The van der Waals surface area contributed by atoms with Crippen molar-refractivity contribution in [3.63, 3.8) is 0 Å². The second-order valence-corrected chi connectivity index (χ2v) is 4.57. The summed E-state index contributed by atoms with van der Waals surface area (Å²) in [4.78, 5) is 4.46. The molecule has 0 atom stereocenters. The Kier molecular flexibility index (Phi) is 3.60. The van der Waals surface area contributed by atoms with Gasteiger partial charge in [-0.05, 0) is 30.3 Å². The van der Waals surface area contributed by atoms with Crippen molar-refractivity contribution < 1.29 is 9.47 Å². The Morgan fingerprint density at radius 2 is 1.67 bits per heavy atom. The van der Waals surface area contributed by atoms with E-state index in [0.717, 1.165) is 16.9 Å². The van der Waals surface area contributed by atoms with E-state index in [4.69, 9.17) is 9.47 Å². The van der Waals surface area contributed by atoms with Crippen LogP contribution in [0.5, 0.6) is 11.5 Å². The fourth-order valence-electron chi connectivity index (χ4n) is 2.21. The zero-order valence-corrected chi connectivity index (χ0v) is 12.0. The molecule has 0 saturated carbocycles. The lowest BCUT2D eigenvalue weighted by Crippen LogP contribution is -1.91. The molecule has 0 aliphatic rings. The number of para-hydroxylation sites is 1. The van der Waals surface area contributed by atoms with Crippen LogP contribution in [0.4, 0.5) is 0 Å². The third kappa shape index (κ3) is 2.60. The van der Waals surface area contributed by atoms with Crippen LogP contribution < -0.4 is 9.47 Å². The molecular weight excluding hydrogens is 264 g/mol. The monoisotopic (exact) mass is 280 g/mol. The van der Waals surface area contributed by atoms with Crippen molar-refractivity contribution in [2.45, 2.75) is 0 Å². The van der Waals surface area contributed by atoms with Crippen molar-refractivity contribution in [2.75, 3.05) is 14.2 Å². The summed E-state index contributed by atoms with van der Waals surface area (Å²) in [6, 6.07) is 15.9. The first-order chi connectivity index (χ1) is 10.3. The van der Waals surface area contributed by atoms with E-state index in [1.807, 2.05) is 59.3 Å². The molecule has 21 heavy (non-hydrogen) atoms. The first kappa shape index (κ1) is 13.2. The quantitative estimate of drug-likeness (QED) is 0.733.